The summed E-state index contributed by atoms with van der Waals surface area (Å²) in [5.41, 5.74) is 6.00. The molecule has 0 radical (unpaired) electrons. The Labute approximate surface area is 174 Å². The Balaban J connectivity index is 0.00000420. The minimum Gasteiger partial charge on any atom is -0.482 e. The fraction of sp³-hybridized carbons (Fsp3) is 0.167. The molecule has 0 fully saturated rings. The Hall–Kier alpha value is -2.95. The number of rotatable bonds is 9. The van der Waals surface area contributed by atoms with Gasteiger partial charge in [-0.1, -0.05) is 0 Å². The Morgan fingerprint density at radius 3 is 2.10 bits per heavy atom. The van der Waals surface area contributed by atoms with E-state index in [1.165, 1.54) is 55.6 Å². The zero-order valence-electron chi connectivity index (χ0n) is 15.4. The van der Waals surface area contributed by atoms with E-state index in [1.807, 2.05) is 0 Å². The van der Waals surface area contributed by atoms with Gasteiger partial charge in [-0.3, -0.25) is 10.2 Å². The van der Waals surface area contributed by atoms with Gasteiger partial charge >= 0.3 is 5.97 Å². The smallest absolute Gasteiger partial charge is 0.343 e. The van der Waals surface area contributed by atoms with Crippen LogP contribution in [-0.4, -0.2) is 46.3 Å². The molecule has 0 atom stereocenters. The number of nitrogen functional groups attached to an aromatic ring is 1. The molecular weight excluding hydrogens is 422 g/mol. The number of ketones is 1. The number of ether oxygens (including phenoxy) is 2. The molecule has 11 heteroatoms. The van der Waals surface area contributed by atoms with Crippen molar-refractivity contribution in [3.63, 3.8) is 0 Å². The molecule has 9 nitrogen and oxygen atoms in total. The first-order chi connectivity index (χ1) is 13.2. The number of esters is 1. The van der Waals surface area contributed by atoms with E-state index in [9.17, 15) is 18.0 Å². The van der Waals surface area contributed by atoms with Crippen molar-refractivity contribution in [1.82, 2.24) is 4.72 Å². The SMILES string of the molecule is COC(=O)COc1ccc(C(=O)CNS(=O)(=O)c2ccc(C(=N)N)cc2)cc1.Cl. The normalized spacial score (nSPS) is 10.5. The van der Waals surface area contributed by atoms with E-state index in [1.54, 1.807) is 0 Å². The van der Waals surface area contributed by atoms with Gasteiger partial charge in [0.15, 0.2) is 12.4 Å². The lowest BCUT2D eigenvalue weighted by atomic mass is 10.1. The maximum atomic E-state index is 12.3. The van der Waals surface area contributed by atoms with Gasteiger partial charge in [-0.2, -0.15) is 0 Å². The minimum absolute atomic E-state index is 0. The zero-order chi connectivity index (χ0) is 20.7. The van der Waals surface area contributed by atoms with Crippen molar-refractivity contribution >= 4 is 40.0 Å². The molecule has 0 bridgehead atoms. The number of methoxy groups -OCH3 is 1. The Kier molecular flexibility index (Phi) is 8.77. The van der Waals surface area contributed by atoms with Crippen molar-refractivity contribution in [1.29, 1.82) is 5.41 Å². The van der Waals surface area contributed by atoms with Crippen LogP contribution in [0.1, 0.15) is 15.9 Å². The van der Waals surface area contributed by atoms with E-state index in [2.05, 4.69) is 9.46 Å². The summed E-state index contributed by atoms with van der Waals surface area (Å²) in [5.74, 6) is -0.784. The molecule has 0 aliphatic heterocycles. The van der Waals surface area contributed by atoms with Gasteiger partial charge in [-0.05, 0) is 48.5 Å². The van der Waals surface area contributed by atoms with Gasteiger partial charge in [0.1, 0.15) is 11.6 Å². The van der Waals surface area contributed by atoms with Crippen LogP contribution in [0.25, 0.3) is 0 Å². The van der Waals surface area contributed by atoms with Crippen LogP contribution in [-0.2, 0) is 19.6 Å². The highest BCUT2D eigenvalue weighted by Crippen LogP contribution is 2.14. The molecule has 2 rings (SSSR count). The lowest BCUT2D eigenvalue weighted by Crippen LogP contribution is -2.29. The molecule has 0 amide bonds. The van der Waals surface area contributed by atoms with Crippen LogP contribution in [0.5, 0.6) is 5.75 Å². The number of nitrogens with one attached hydrogen (secondary N) is 2. The number of amidine groups is 1. The first-order valence-corrected chi connectivity index (χ1v) is 9.48. The number of carbonyl (C=O) groups excluding carboxylic acids is 2. The maximum absolute atomic E-state index is 12.3. The number of sulfonamides is 1. The van der Waals surface area contributed by atoms with Crippen LogP contribution in [0, 0.1) is 5.41 Å². The predicted molar refractivity (Wildman–Crippen MR) is 108 cm³/mol. The second kappa shape index (κ2) is 10.6. The third-order valence-electron chi connectivity index (χ3n) is 3.66. The van der Waals surface area contributed by atoms with Crippen molar-refractivity contribution < 1.29 is 27.5 Å². The number of hydrogen-bond acceptors (Lipinski definition) is 7. The van der Waals surface area contributed by atoms with Crippen molar-refractivity contribution in [3.8, 4) is 5.75 Å². The van der Waals surface area contributed by atoms with Gasteiger partial charge < -0.3 is 15.2 Å². The number of halogens is 1. The van der Waals surface area contributed by atoms with Gasteiger partial charge in [-0.15, -0.1) is 12.4 Å². The zero-order valence-corrected chi connectivity index (χ0v) is 17.0. The second-order valence-electron chi connectivity index (χ2n) is 5.57. The summed E-state index contributed by atoms with van der Waals surface area (Å²) >= 11 is 0. The summed E-state index contributed by atoms with van der Waals surface area (Å²) in [6.45, 7) is -0.689. The van der Waals surface area contributed by atoms with Crippen LogP contribution >= 0.6 is 12.4 Å². The average molecular weight is 442 g/mol. The maximum Gasteiger partial charge on any atom is 0.343 e. The Bertz CT molecular complexity index is 976. The molecule has 2 aromatic rings. The highest BCUT2D eigenvalue weighted by Gasteiger charge is 2.16. The fourth-order valence-electron chi connectivity index (χ4n) is 2.10. The van der Waals surface area contributed by atoms with Crippen molar-refractivity contribution in [2.24, 2.45) is 5.73 Å². The third-order valence-corrected chi connectivity index (χ3v) is 5.08. The summed E-state index contributed by atoms with van der Waals surface area (Å²) in [7, 11) is -2.65. The molecule has 2 aromatic carbocycles. The summed E-state index contributed by atoms with van der Waals surface area (Å²) in [5, 5.41) is 7.30. The molecule has 0 saturated carbocycles. The average Bonchev–Trinajstić information content (AvgIpc) is 2.70. The summed E-state index contributed by atoms with van der Waals surface area (Å²) < 4.78 is 36.4. The highest BCUT2D eigenvalue weighted by atomic mass is 35.5. The van der Waals surface area contributed by atoms with E-state index >= 15 is 0 Å². The van der Waals surface area contributed by atoms with Gasteiger partial charge in [-0.25, -0.2) is 17.9 Å². The molecule has 0 aliphatic rings. The van der Waals surface area contributed by atoms with E-state index in [0.29, 0.717) is 11.3 Å². The van der Waals surface area contributed by atoms with Crippen molar-refractivity contribution in [2.75, 3.05) is 20.3 Å². The largest absolute Gasteiger partial charge is 0.482 e. The number of hydrogen-bond donors (Lipinski definition) is 3. The lowest BCUT2D eigenvalue weighted by Gasteiger charge is -2.08. The second-order valence-corrected chi connectivity index (χ2v) is 7.34. The van der Waals surface area contributed by atoms with Gasteiger partial charge in [0, 0.05) is 11.1 Å². The molecule has 4 N–H and O–H groups in total. The first kappa shape index (κ1) is 24.1. The minimum atomic E-state index is -3.89. The van der Waals surface area contributed by atoms with E-state index < -0.39 is 28.3 Å². The molecule has 156 valence electrons. The molecule has 0 aliphatic carbocycles. The van der Waals surface area contributed by atoms with E-state index in [-0.39, 0.29) is 35.3 Å². The van der Waals surface area contributed by atoms with Crippen molar-refractivity contribution in [3.05, 3.63) is 59.7 Å². The standard InChI is InChI=1S/C18H19N3O6S.ClH/c1-26-17(23)11-27-14-6-2-12(3-7-14)16(22)10-21-28(24,25)15-8-4-13(5-9-15)18(19)20;/h2-9,21H,10-11H2,1H3,(H3,19,20);1H. The lowest BCUT2D eigenvalue weighted by molar-refractivity contribution is -0.142. The van der Waals surface area contributed by atoms with Gasteiger partial charge in [0.2, 0.25) is 10.0 Å². The highest BCUT2D eigenvalue weighted by molar-refractivity contribution is 7.89. The van der Waals surface area contributed by atoms with Crippen LogP contribution in [0.2, 0.25) is 0 Å². The van der Waals surface area contributed by atoms with Gasteiger partial charge in [0.25, 0.3) is 0 Å². The quantitative estimate of drug-likeness (QED) is 0.228. The van der Waals surface area contributed by atoms with Crippen LogP contribution in [0.15, 0.2) is 53.4 Å². The van der Waals surface area contributed by atoms with Gasteiger partial charge in [0.05, 0.1) is 18.6 Å². The Morgan fingerprint density at radius 2 is 1.59 bits per heavy atom. The topological polar surface area (TPSA) is 149 Å². The molecule has 29 heavy (non-hydrogen) atoms. The summed E-state index contributed by atoms with van der Waals surface area (Å²) in [6.07, 6.45) is 0. The fourth-order valence-corrected chi connectivity index (χ4v) is 3.08. The van der Waals surface area contributed by atoms with Crippen LogP contribution in [0.3, 0.4) is 0 Å². The molecule has 0 spiro atoms. The number of carbonyl (C=O) groups is 2. The third kappa shape index (κ3) is 6.86. The monoisotopic (exact) mass is 441 g/mol. The molecule has 0 heterocycles. The van der Waals surface area contributed by atoms with Crippen LogP contribution in [0.4, 0.5) is 0 Å². The van der Waals surface area contributed by atoms with Crippen molar-refractivity contribution in [2.45, 2.75) is 4.90 Å². The molecule has 0 aromatic heterocycles. The summed E-state index contributed by atoms with van der Waals surface area (Å²) in [6, 6.07) is 11.3. The predicted octanol–water partition coefficient (Wildman–Crippen LogP) is 1.11. The molecule has 0 unspecified atom stereocenters. The van der Waals surface area contributed by atoms with E-state index in [4.69, 9.17) is 15.9 Å². The molecular formula is C18H20ClN3O6S. The number of benzene rings is 2. The van der Waals surface area contributed by atoms with E-state index in [0.717, 1.165) is 0 Å². The first-order valence-electron chi connectivity index (χ1n) is 8.00. The number of Topliss-reactive ketones (excluding diaryl/α,β-unsaturated/α-hetero) is 1. The summed E-state index contributed by atoms with van der Waals surface area (Å²) in [4.78, 5) is 23.2. The Morgan fingerprint density at radius 1 is 1.03 bits per heavy atom. The molecule has 0 saturated heterocycles. The number of nitrogens with two attached hydrogens (primary N) is 1. The van der Waals surface area contributed by atoms with Crippen LogP contribution < -0.4 is 15.2 Å².